The normalized spacial score (nSPS) is 15.3. The molecule has 0 unspecified atom stereocenters. The summed E-state index contributed by atoms with van der Waals surface area (Å²) < 4.78 is 52.9. The number of aromatic hydroxyl groups is 1. The van der Waals surface area contributed by atoms with Gasteiger partial charge in [0.2, 0.25) is 19.9 Å². The Kier molecular flexibility index (Phi) is 7.11. The Balaban J connectivity index is 2.21. The first-order chi connectivity index (χ1) is 16.1. The van der Waals surface area contributed by atoms with Gasteiger partial charge in [0.25, 0.3) is 5.56 Å². The van der Waals surface area contributed by atoms with Crippen LogP contribution in [-0.2, 0) is 31.8 Å². The van der Waals surface area contributed by atoms with Crippen molar-refractivity contribution >= 4 is 36.9 Å². The van der Waals surface area contributed by atoms with Crippen LogP contribution in [0.3, 0.4) is 0 Å². The van der Waals surface area contributed by atoms with E-state index in [1.165, 1.54) is 22.9 Å². The number of rotatable bonds is 8. The van der Waals surface area contributed by atoms with Crippen LogP contribution in [0.5, 0.6) is 5.75 Å². The lowest BCUT2D eigenvalue weighted by Crippen LogP contribution is -2.33. The molecule has 0 bridgehead atoms. The SMILES string of the molecule is CCC(C)(C)c1nn(CCC(C)C)c(=O)c(C2=CS(=O)(=O)c3cc(NS(C)(=O)=O)ccc3N2)c1O. The third-order valence-corrected chi connectivity index (χ3v) is 8.08. The number of nitrogens with zero attached hydrogens (tertiary/aromatic N) is 2. The van der Waals surface area contributed by atoms with E-state index in [-0.39, 0.29) is 33.3 Å². The molecular weight excluding hydrogens is 492 g/mol. The summed E-state index contributed by atoms with van der Waals surface area (Å²) in [5.41, 5.74) is -0.885. The molecule has 0 saturated heterocycles. The molecule has 12 heteroatoms. The number of sulfone groups is 1. The molecule has 3 N–H and O–H groups in total. The van der Waals surface area contributed by atoms with Gasteiger partial charge in [-0.2, -0.15) is 5.10 Å². The smallest absolute Gasteiger partial charge is 0.279 e. The fourth-order valence-electron chi connectivity index (χ4n) is 3.61. The van der Waals surface area contributed by atoms with Crippen molar-refractivity contribution in [2.45, 2.75) is 64.3 Å². The van der Waals surface area contributed by atoms with Gasteiger partial charge < -0.3 is 10.4 Å². The first-order valence-electron chi connectivity index (χ1n) is 11.3. The van der Waals surface area contributed by atoms with Crippen molar-refractivity contribution in [1.29, 1.82) is 0 Å². The van der Waals surface area contributed by atoms with Crippen LogP contribution in [0, 0.1) is 5.92 Å². The summed E-state index contributed by atoms with van der Waals surface area (Å²) in [6.07, 6.45) is 2.26. The fraction of sp³-hybridized carbons (Fsp3) is 0.478. The van der Waals surface area contributed by atoms with Crippen LogP contribution in [0.2, 0.25) is 0 Å². The van der Waals surface area contributed by atoms with Crippen LogP contribution in [0.25, 0.3) is 5.70 Å². The maximum absolute atomic E-state index is 13.4. The molecule has 0 aliphatic carbocycles. The highest BCUT2D eigenvalue weighted by molar-refractivity contribution is 7.94. The summed E-state index contributed by atoms with van der Waals surface area (Å²) in [7, 11) is -7.69. The first-order valence-corrected chi connectivity index (χ1v) is 14.7. The summed E-state index contributed by atoms with van der Waals surface area (Å²) >= 11 is 0. The second-order valence-electron chi connectivity index (χ2n) is 9.81. The van der Waals surface area contributed by atoms with Crippen LogP contribution in [0.1, 0.15) is 58.7 Å². The van der Waals surface area contributed by atoms with E-state index in [9.17, 15) is 26.7 Å². The minimum Gasteiger partial charge on any atom is -0.505 e. The molecule has 1 aromatic carbocycles. The largest absolute Gasteiger partial charge is 0.505 e. The van der Waals surface area contributed by atoms with Crippen LogP contribution in [0.15, 0.2) is 33.3 Å². The highest BCUT2D eigenvalue weighted by Gasteiger charge is 2.33. The standard InChI is InChI=1S/C23H32N4O6S2/c1-7-23(4,5)21-20(28)19(22(29)27(25-21)11-10-14(2)3)17-13-35(32,33)18-12-15(26-34(6,30)31)8-9-16(18)24-17/h8-9,12-14,24,26,28H,7,10-11H2,1-6H3. The van der Waals surface area contributed by atoms with Gasteiger partial charge in [0.1, 0.15) is 11.3 Å². The van der Waals surface area contributed by atoms with Crippen molar-refractivity contribution in [3.05, 3.63) is 45.2 Å². The summed E-state index contributed by atoms with van der Waals surface area (Å²) in [6.45, 7) is 10.1. The summed E-state index contributed by atoms with van der Waals surface area (Å²) in [5.74, 6) is -0.0620. The lowest BCUT2D eigenvalue weighted by molar-refractivity contribution is 0.384. The summed E-state index contributed by atoms with van der Waals surface area (Å²) in [4.78, 5) is 13.2. The topological polar surface area (TPSA) is 147 Å². The molecule has 0 spiro atoms. The Labute approximate surface area is 206 Å². The molecule has 0 amide bonds. The van der Waals surface area contributed by atoms with Crippen LogP contribution in [0.4, 0.5) is 11.4 Å². The average molecular weight is 525 g/mol. The Hall–Kier alpha value is -2.86. The van der Waals surface area contributed by atoms with E-state index in [4.69, 9.17) is 0 Å². The number of benzene rings is 1. The highest BCUT2D eigenvalue weighted by Crippen LogP contribution is 2.39. The predicted molar refractivity (Wildman–Crippen MR) is 137 cm³/mol. The molecule has 0 fully saturated rings. The number of sulfonamides is 1. The zero-order chi connectivity index (χ0) is 26.3. The Morgan fingerprint density at radius 3 is 2.49 bits per heavy atom. The van der Waals surface area contributed by atoms with Gasteiger partial charge in [-0.25, -0.2) is 21.5 Å². The number of hydrogen-bond donors (Lipinski definition) is 3. The van der Waals surface area contributed by atoms with E-state index < -0.39 is 30.8 Å². The van der Waals surface area contributed by atoms with Gasteiger partial charge in [0.15, 0.2) is 5.75 Å². The Bertz CT molecular complexity index is 1460. The van der Waals surface area contributed by atoms with E-state index in [0.29, 0.717) is 31.0 Å². The van der Waals surface area contributed by atoms with E-state index in [1.54, 1.807) is 0 Å². The van der Waals surface area contributed by atoms with Crippen molar-refractivity contribution in [1.82, 2.24) is 9.78 Å². The Morgan fingerprint density at radius 1 is 1.26 bits per heavy atom. The van der Waals surface area contributed by atoms with Crippen LogP contribution >= 0.6 is 0 Å². The molecule has 2 heterocycles. The molecule has 1 aromatic heterocycles. The van der Waals surface area contributed by atoms with Crippen LogP contribution < -0.4 is 15.6 Å². The number of hydrogen-bond acceptors (Lipinski definition) is 8. The molecule has 1 aliphatic heterocycles. The minimum absolute atomic E-state index is 0.0716. The second-order valence-corrected chi connectivity index (χ2v) is 13.3. The van der Waals surface area contributed by atoms with Gasteiger partial charge in [0, 0.05) is 17.6 Å². The minimum atomic E-state index is -4.08. The summed E-state index contributed by atoms with van der Waals surface area (Å²) in [6, 6.07) is 4.01. The molecule has 10 nitrogen and oxygen atoms in total. The molecule has 0 saturated carbocycles. The van der Waals surface area contributed by atoms with Crippen molar-refractivity contribution in [2.24, 2.45) is 5.92 Å². The van der Waals surface area contributed by atoms with Crippen LogP contribution in [-0.4, -0.2) is 38.0 Å². The van der Waals surface area contributed by atoms with Gasteiger partial charge in [-0.1, -0.05) is 34.6 Å². The molecule has 192 valence electrons. The zero-order valence-corrected chi connectivity index (χ0v) is 22.3. The molecule has 35 heavy (non-hydrogen) atoms. The van der Waals surface area contributed by atoms with Crippen molar-refractivity contribution < 1.29 is 21.9 Å². The van der Waals surface area contributed by atoms with Gasteiger partial charge in [-0.3, -0.25) is 9.52 Å². The number of anilines is 2. The zero-order valence-electron chi connectivity index (χ0n) is 20.7. The third kappa shape index (κ3) is 5.69. The third-order valence-electron chi connectivity index (χ3n) is 5.98. The van der Waals surface area contributed by atoms with Crippen molar-refractivity contribution in [2.75, 3.05) is 16.3 Å². The maximum atomic E-state index is 13.4. The second kappa shape index (κ2) is 9.30. The lowest BCUT2D eigenvalue weighted by Gasteiger charge is -2.27. The number of fused-ring (bicyclic) bond motifs is 1. The molecule has 0 radical (unpaired) electrons. The number of aryl methyl sites for hydroxylation is 1. The van der Waals surface area contributed by atoms with E-state index in [1.807, 2.05) is 34.6 Å². The van der Waals surface area contributed by atoms with Gasteiger partial charge >= 0.3 is 0 Å². The highest BCUT2D eigenvalue weighted by atomic mass is 32.2. The van der Waals surface area contributed by atoms with Crippen molar-refractivity contribution in [3.8, 4) is 5.75 Å². The van der Waals surface area contributed by atoms with E-state index in [0.717, 1.165) is 11.7 Å². The molecule has 1 aliphatic rings. The van der Waals surface area contributed by atoms with E-state index >= 15 is 0 Å². The average Bonchev–Trinajstić information content (AvgIpc) is 2.72. The van der Waals surface area contributed by atoms with Crippen molar-refractivity contribution in [3.63, 3.8) is 0 Å². The summed E-state index contributed by atoms with van der Waals surface area (Å²) in [5, 5.41) is 19.4. The molecule has 0 atom stereocenters. The quantitative estimate of drug-likeness (QED) is 0.477. The lowest BCUT2D eigenvalue weighted by atomic mass is 9.85. The number of nitrogens with one attached hydrogen (secondary N) is 2. The van der Waals surface area contributed by atoms with Gasteiger partial charge in [0.05, 0.1) is 27.9 Å². The molecular formula is C23H32N4O6S2. The van der Waals surface area contributed by atoms with E-state index in [2.05, 4.69) is 15.1 Å². The predicted octanol–water partition coefficient (Wildman–Crippen LogP) is 3.25. The van der Waals surface area contributed by atoms with Gasteiger partial charge in [-0.15, -0.1) is 0 Å². The molecule has 3 rings (SSSR count). The van der Waals surface area contributed by atoms with Gasteiger partial charge in [-0.05, 0) is 37.0 Å². The fourth-order valence-corrected chi connectivity index (χ4v) is 5.50. The Morgan fingerprint density at radius 2 is 1.91 bits per heavy atom. The first kappa shape index (κ1) is 26.7. The maximum Gasteiger partial charge on any atom is 0.279 e. The molecule has 2 aromatic rings. The number of aromatic nitrogens is 2. The monoisotopic (exact) mass is 524 g/mol.